The van der Waals surface area contributed by atoms with E-state index in [1.165, 1.54) is 29.2 Å². The number of sulfonamides is 1. The minimum Gasteiger partial charge on any atom is -0.319 e. The smallest absolute Gasteiger partial charge is 0.319 e. The first-order valence-corrected chi connectivity index (χ1v) is 8.52. The zero-order valence-electron chi connectivity index (χ0n) is 12.5. The fraction of sp³-hybridized carbons (Fsp3) is 0.429. The number of carbonyl (C=O) groups excluding carboxylic acids is 2. The summed E-state index contributed by atoms with van der Waals surface area (Å²) >= 11 is 0. The highest BCUT2D eigenvalue weighted by atomic mass is 32.2. The quantitative estimate of drug-likeness (QED) is 0.784. The highest BCUT2D eigenvalue weighted by Crippen LogP contribution is 2.29. The van der Waals surface area contributed by atoms with Crippen molar-refractivity contribution in [1.29, 1.82) is 0 Å². The van der Waals surface area contributed by atoms with E-state index in [1.807, 2.05) is 6.92 Å². The van der Waals surface area contributed by atoms with Gasteiger partial charge in [-0.05, 0) is 31.0 Å². The Balaban J connectivity index is 2.31. The van der Waals surface area contributed by atoms with E-state index in [0.717, 1.165) is 12.8 Å². The van der Waals surface area contributed by atoms with Gasteiger partial charge in [-0.1, -0.05) is 25.5 Å². The lowest BCUT2D eigenvalue weighted by molar-refractivity contribution is -0.131. The topological polar surface area (TPSA) is 110 Å². The minimum atomic E-state index is -3.79. The molecule has 1 heterocycles. The van der Waals surface area contributed by atoms with Crippen molar-refractivity contribution in [2.24, 2.45) is 5.14 Å². The number of unbranched alkanes of at least 4 members (excludes halogenated alkanes) is 1. The summed E-state index contributed by atoms with van der Waals surface area (Å²) in [6.45, 7) is 3.95. The molecule has 0 unspecified atom stereocenters. The van der Waals surface area contributed by atoms with Gasteiger partial charge in [-0.15, -0.1) is 0 Å². The second kappa shape index (κ2) is 5.69. The standard InChI is InChI=1S/C14H19N3O4S/c1-3-4-9-17-12(18)14(2,16-13(17)19)10-5-7-11(8-6-10)22(15,20)21/h5-8H,3-4,9H2,1-2H3,(H,16,19)(H2,15,20,21)/t14-/m1/s1. The number of imide groups is 1. The Kier molecular flexibility index (Phi) is 4.25. The number of urea groups is 1. The Hall–Kier alpha value is -1.93. The fourth-order valence-corrected chi connectivity index (χ4v) is 2.91. The van der Waals surface area contributed by atoms with Gasteiger partial charge < -0.3 is 5.32 Å². The Morgan fingerprint density at radius 2 is 1.82 bits per heavy atom. The molecule has 3 N–H and O–H groups in total. The lowest BCUT2D eigenvalue weighted by Gasteiger charge is -2.22. The molecule has 0 aliphatic carbocycles. The van der Waals surface area contributed by atoms with Crippen molar-refractivity contribution >= 4 is 22.0 Å². The molecule has 2 rings (SSSR count). The van der Waals surface area contributed by atoms with Gasteiger partial charge >= 0.3 is 6.03 Å². The van der Waals surface area contributed by atoms with E-state index < -0.39 is 21.6 Å². The van der Waals surface area contributed by atoms with Crippen LogP contribution in [0.1, 0.15) is 32.3 Å². The number of benzene rings is 1. The lowest BCUT2D eigenvalue weighted by atomic mass is 9.92. The minimum absolute atomic E-state index is 0.0422. The van der Waals surface area contributed by atoms with E-state index in [-0.39, 0.29) is 10.8 Å². The van der Waals surface area contributed by atoms with E-state index in [9.17, 15) is 18.0 Å². The van der Waals surface area contributed by atoms with E-state index in [1.54, 1.807) is 6.92 Å². The Labute approximate surface area is 129 Å². The van der Waals surface area contributed by atoms with E-state index in [4.69, 9.17) is 5.14 Å². The third kappa shape index (κ3) is 2.84. The average molecular weight is 325 g/mol. The second-order valence-corrected chi connectivity index (χ2v) is 7.00. The van der Waals surface area contributed by atoms with Gasteiger partial charge in [0.05, 0.1) is 4.90 Å². The summed E-state index contributed by atoms with van der Waals surface area (Å²) in [6.07, 6.45) is 1.61. The molecule has 1 aromatic carbocycles. The molecule has 8 heteroatoms. The number of nitrogens with one attached hydrogen (secondary N) is 1. The summed E-state index contributed by atoms with van der Waals surface area (Å²) in [4.78, 5) is 25.7. The summed E-state index contributed by atoms with van der Waals surface area (Å²) in [7, 11) is -3.79. The first kappa shape index (κ1) is 16.4. The number of nitrogens with zero attached hydrogens (tertiary/aromatic N) is 1. The van der Waals surface area contributed by atoms with Crippen molar-refractivity contribution in [3.63, 3.8) is 0 Å². The van der Waals surface area contributed by atoms with Crippen LogP contribution >= 0.6 is 0 Å². The maximum atomic E-state index is 12.5. The van der Waals surface area contributed by atoms with E-state index >= 15 is 0 Å². The van der Waals surface area contributed by atoms with Crippen LogP contribution in [-0.4, -0.2) is 31.8 Å². The molecule has 0 spiro atoms. The maximum absolute atomic E-state index is 12.5. The van der Waals surface area contributed by atoms with Crippen LogP contribution in [0.15, 0.2) is 29.2 Å². The van der Waals surface area contributed by atoms with Crippen LogP contribution in [0.2, 0.25) is 0 Å². The zero-order valence-corrected chi connectivity index (χ0v) is 13.3. The Bertz CT molecular complexity index is 699. The molecule has 1 aliphatic heterocycles. The highest BCUT2D eigenvalue weighted by Gasteiger charge is 2.48. The van der Waals surface area contributed by atoms with Crippen LogP contribution in [0, 0.1) is 0 Å². The zero-order chi connectivity index (χ0) is 16.5. The molecule has 1 aliphatic rings. The molecule has 1 saturated heterocycles. The molecular formula is C14H19N3O4S. The van der Waals surface area contributed by atoms with Gasteiger partial charge in [0.25, 0.3) is 5.91 Å². The van der Waals surface area contributed by atoms with Crippen LogP contribution in [0.4, 0.5) is 4.79 Å². The average Bonchev–Trinajstić information content (AvgIpc) is 2.67. The second-order valence-electron chi connectivity index (χ2n) is 5.43. The van der Waals surface area contributed by atoms with Crippen molar-refractivity contribution in [1.82, 2.24) is 10.2 Å². The molecule has 1 aromatic rings. The Morgan fingerprint density at radius 1 is 1.23 bits per heavy atom. The summed E-state index contributed by atoms with van der Waals surface area (Å²) < 4.78 is 22.5. The maximum Gasteiger partial charge on any atom is 0.325 e. The number of primary sulfonamides is 1. The highest BCUT2D eigenvalue weighted by molar-refractivity contribution is 7.89. The molecular weight excluding hydrogens is 306 g/mol. The predicted molar refractivity (Wildman–Crippen MR) is 80.3 cm³/mol. The fourth-order valence-electron chi connectivity index (χ4n) is 2.39. The predicted octanol–water partition coefficient (Wildman–Crippen LogP) is 0.901. The SMILES string of the molecule is CCCCN1C(=O)N[C@](C)(c2ccc(S(N)(=O)=O)cc2)C1=O. The van der Waals surface area contributed by atoms with Crippen molar-refractivity contribution < 1.29 is 18.0 Å². The van der Waals surface area contributed by atoms with Gasteiger partial charge in [-0.25, -0.2) is 18.4 Å². The van der Waals surface area contributed by atoms with Crippen LogP contribution in [0.5, 0.6) is 0 Å². The summed E-state index contributed by atoms with van der Waals surface area (Å²) in [6, 6.07) is 5.19. The largest absolute Gasteiger partial charge is 0.325 e. The molecule has 0 aromatic heterocycles. The van der Waals surface area contributed by atoms with Crippen molar-refractivity contribution in [3.05, 3.63) is 29.8 Å². The first-order chi connectivity index (χ1) is 10.2. The number of hydrogen-bond acceptors (Lipinski definition) is 4. The van der Waals surface area contributed by atoms with Crippen molar-refractivity contribution in [3.8, 4) is 0 Å². The lowest BCUT2D eigenvalue weighted by Crippen LogP contribution is -2.41. The van der Waals surface area contributed by atoms with Crippen LogP contribution in [0.3, 0.4) is 0 Å². The molecule has 0 saturated carbocycles. The van der Waals surface area contributed by atoms with Gasteiger partial charge in [0.1, 0.15) is 5.54 Å². The van der Waals surface area contributed by atoms with Crippen molar-refractivity contribution in [2.45, 2.75) is 37.1 Å². The van der Waals surface area contributed by atoms with Gasteiger partial charge in [-0.3, -0.25) is 9.69 Å². The molecule has 22 heavy (non-hydrogen) atoms. The number of hydrogen-bond donors (Lipinski definition) is 2. The van der Waals surface area contributed by atoms with E-state index in [2.05, 4.69) is 5.32 Å². The number of amides is 3. The van der Waals surface area contributed by atoms with Gasteiger partial charge in [-0.2, -0.15) is 0 Å². The molecule has 0 radical (unpaired) electrons. The third-order valence-corrected chi connectivity index (χ3v) is 4.70. The molecule has 120 valence electrons. The van der Waals surface area contributed by atoms with Crippen LogP contribution in [-0.2, 0) is 20.4 Å². The van der Waals surface area contributed by atoms with Gasteiger partial charge in [0.2, 0.25) is 10.0 Å². The molecule has 0 bridgehead atoms. The summed E-state index contributed by atoms with van der Waals surface area (Å²) in [5, 5.41) is 7.72. The first-order valence-electron chi connectivity index (χ1n) is 6.97. The van der Waals surface area contributed by atoms with Crippen molar-refractivity contribution in [2.75, 3.05) is 6.54 Å². The van der Waals surface area contributed by atoms with Crippen LogP contribution < -0.4 is 10.5 Å². The molecule has 7 nitrogen and oxygen atoms in total. The number of rotatable bonds is 5. The monoisotopic (exact) mass is 325 g/mol. The third-order valence-electron chi connectivity index (χ3n) is 3.77. The number of carbonyl (C=O) groups is 2. The summed E-state index contributed by atoms with van der Waals surface area (Å²) in [5.41, 5.74) is -0.681. The van der Waals surface area contributed by atoms with Crippen LogP contribution in [0.25, 0.3) is 0 Å². The molecule has 1 fully saturated rings. The number of nitrogens with two attached hydrogens (primary N) is 1. The Morgan fingerprint density at radius 3 is 2.32 bits per heavy atom. The summed E-state index contributed by atoms with van der Waals surface area (Å²) in [5.74, 6) is -0.339. The van der Waals surface area contributed by atoms with Gasteiger partial charge in [0.15, 0.2) is 0 Å². The van der Waals surface area contributed by atoms with E-state index in [0.29, 0.717) is 12.1 Å². The van der Waals surface area contributed by atoms with Gasteiger partial charge in [0, 0.05) is 6.54 Å². The molecule has 3 amide bonds. The normalized spacial score (nSPS) is 22.0. The molecule has 1 atom stereocenters.